The molecule has 0 bridgehead atoms. The second-order valence-corrected chi connectivity index (χ2v) is 8.19. The van der Waals surface area contributed by atoms with Gasteiger partial charge in [-0.1, -0.05) is 11.3 Å². The van der Waals surface area contributed by atoms with Gasteiger partial charge >= 0.3 is 0 Å². The molecule has 0 unspecified atom stereocenters. The van der Waals surface area contributed by atoms with Crippen molar-refractivity contribution in [3.63, 3.8) is 0 Å². The number of nitrogens with zero attached hydrogens (tertiary/aromatic N) is 4. The summed E-state index contributed by atoms with van der Waals surface area (Å²) in [6.45, 7) is 2.89. The van der Waals surface area contributed by atoms with E-state index < -0.39 is 0 Å². The lowest BCUT2D eigenvalue weighted by Gasteiger charge is -2.34. The van der Waals surface area contributed by atoms with Crippen LogP contribution in [0.2, 0.25) is 0 Å². The maximum Gasteiger partial charge on any atom is 0.253 e. The lowest BCUT2D eigenvalue weighted by molar-refractivity contribution is 0.0747. The number of amides is 1. The van der Waals surface area contributed by atoms with Gasteiger partial charge in [-0.2, -0.15) is 5.26 Å². The van der Waals surface area contributed by atoms with Gasteiger partial charge in [0, 0.05) is 36.6 Å². The van der Waals surface area contributed by atoms with Gasteiger partial charge < -0.3 is 9.80 Å². The third kappa shape index (κ3) is 3.64. The highest BCUT2D eigenvalue weighted by molar-refractivity contribution is 7.98. The lowest BCUT2D eigenvalue weighted by atomic mass is 10.1. The number of nitriles is 1. The monoisotopic (exact) mass is 394 g/mol. The largest absolute Gasteiger partial charge is 0.345 e. The summed E-state index contributed by atoms with van der Waals surface area (Å²) in [5, 5.41) is 9.90. The predicted octanol–water partition coefficient (Wildman–Crippen LogP) is 3.85. The second-order valence-electron chi connectivity index (χ2n) is 6.30. The van der Waals surface area contributed by atoms with Crippen LogP contribution in [-0.4, -0.2) is 48.2 Å². The molecule has 0 spiro atoms. The van der Waals surface area contributed by atoms with Crippen molar-refractivity contribution in [2.45, 2.75) is 4.90 Å². The number of hydrogen-bond acceptors (Lipinski definition) is 6. The number of fused-ring (bicyclic) bond motifs is 1. The van der Waals surface area contributed by atoms with E-state index in [0.29, 0.717) is 24.2 Å². The summed E-state index contributed by atoms with van der Waals surface area (Å²) in [6.07, 6.45) is 2.08. The highest BCUT2D eigenvalue weighted by atomic mass is 32.2. The maximum atomic E-state index is 12.7. The van der Waals surface area contributed by atoms with E-state index in [1.165, 1.54) is 9.60 Å². The molecule has 27 heavy (non-hydrogen) atoms. The zero-order valence-corrected chi connectivity index (χ0v) is 16.5. The number of benzene rings is 2. The molecule has 0 aliphatic carbocycles. The summed E-state index contributed by atoms with van der Waals surface area (Å²) >= 11 is 3.45. The number of aromatic nitrogens is 1. The molecule has 7 heteroatoms. The zero-order chi connectivity index (χ0) is 18.8. The van der Waals surface area contributed by atoms with Crippen molar-refractivity contribution in [3.8, 4) is 6.07 Å². The third-order valence-electron chi connectivity index (χ3n) is 4.68. The van der Waals surface area contributed by atoms with Crippen molar-refractivity contribution in [3.05, 3.63) is 53.6 Å². The van der Waals surface area contributed by atoms with Crippen molar-refractivity contribution >= 4 is 44.4 Å². The van der Waals surface area contributed by atoms with Gasteiger partial charge in [0.1, 0.15) is 0 Å². The van der Waals surface area contributed by atoms with Crippen LogP contribution in [0.4, 0.5) is 5.13 Å². The Bertz CT molecular complexity index is 1010. The number of thiazole rings is 1. The first-order chi connectivity index (χ1) is 13.2. The Balaban J connectivity index is 1.43. The van der Waals surface area contributed by atoms with Crippen molar-refractivity contribution < 1.29 is 4.79 Å². The van der Waals surface area contributed by atoms with Gasteiger partial charge in [0.15, 0.2) is 5.13 Å². The van der Waals surface area contributed by atoms with Gasteiger partial charge in [0.2, 0.25) is 0 Å². The highest BCUT2D eigenvalue weighted by Crippen LogP contribution is 2.32. The Kier molecular flexibility index (Phi) is 5.01. The Morgan fingerprint density at radius 3 is 2.56 bits per heavy atom. The molecular formula is C20H18N4OS2. The van der Waals surface area contributed by atoms with E-state index >= 15 is 0 Å². The van der Waals surface area contributed by atoms with Crippen LogP contribution in [0.1, 0.15) is 15.9 Å². The second kappa shape index (κ2) is 7.59. The summed E-state index contributed by atoms with van der Waals surface area (Å²) in [6, 6.07) is 15.3. The van der Waals surface area contributed by atoms with Crippen molar-refractivity contribution in [1.82, 2.24) is 9.88 Å². The van der Waals surface area contributed by atoms with Gasteiger partial charge in [-0.3, -0.25) is 4.79 Å². The SMILES string of the molecule is CSc1ccc2nc(N3CCN(C(=O)c4ccc(C#N)cc4)CC3)sc2c1. The van der Waals surface area contributed by atoms with E-state index in [4.69, 9.17) is 10.2 Å². The first-order valence-electron chi connectivity index (χ1n) is 8.67. The highest BCUT2D eigenvalue weighted by Gasteiger charge is 2.24. The van der Waals surface area contributed by atoms with Gasteiger partial charge in [0.05, 0.1) is 21.8 Å². The minimum Gasteiger partial charge on any atom is -0.345 e. The maximum absolute atomic E-state index is 12.7. The Morgan fingerprint density at radius 1 is 1.15 bits per heavy atom. The molecule has 136 valence electrons. The molecule has 2 heterocycles. The standard InChI is InChI=1S/C20H18N4OS2/c1-26-16-6-7-17-18(12-16)27-20(22-17)24-10-8-23(9-11-24)19(25)15-4-2-14(13-21)3-5-15/h2-7,12H,8-11H2,1H3. The van der Waals surface area contributed by atoms with Crippen LogP contribution in [0.15, 0.2) is 47.4 Å². The van der Waals surface area contributed by atoms with E-state index in [-0.39, 0.29) is 5.91 Å². The lowest BCUT2D eigenvalue weighted by Crippen LogP contribution is -2.48. The molecule has 1 fully saturated rings. The first-order valence-corrected chi connectivity index (χ1v) is 10.7. The van der Waals surface area contributed by atoms with Crippen molar-refractivity contribution in [1.29, 1.82) is 5.26 Å². The molecular weight excluding hydrogens is 376 g/mol. The van der Waals surface area contributed by atoms with Gasteiger partial charge in [-0.25, -0.2) is 4.98 Å². The molecule has 4 rings (SSSR count). The fraction of sp³-hybridized carbons (Fsp3) is 0.250. The van der Waals surface area contributed by atoms with Crippen LogP contribution in [0, 0.1) is 11.3 Å². The number of anilines is 1. The molecule has 1 aliphatic rings. The van der Waals surface area contributed by atoms with Crippen LogP contribution in [0.3, 0.4) is 0 Å². The average molecular weight is 395 g/mol. The molecule has 1 aliphatic heterocycles. The van der Waals surface area contributed by atoms with Crippen LogP contribution < -0.4 is 4.90 Å². The summed E-state index contributed by atoms with van der Waals surface area (Å²) in [4.78, 5) is 22.8. The molecule has 0 N–H and O–H groups in total. The Labute approximate surface area is 166 Å². The molecule has 3 aromatic rings. The predicted molar refractivity (Wildman–Crippen MR) is 111 cm³/mol. The minimum atomic E-state index is 0.0213. The molecule has 1 saturated heterocycles. The minimum absolute atomic E-state index is 0.0213. The molecule has 5 nitrogen and oxygen atoms in total. The van der Waals surface area contributed by atoms with E-state index in [0.717, 1.165) is 23.7 Å². The number of hydrogen-bond donors (Lipinski definition) is 0. The molecule has 1 aromatic heterocycles. The number of carbonyl (C=O) groups is 1. The van der Waals surface area contributed by atoms with Crippen LogP contribution in [0.25, 0.3) is 10.2 Å². The van der Waals surface area contributed by atoms with Crippen LogP contribution >= 0.6 is 23.1 Å². The summed E-state index contributed by atoms with van der Waals surface area (Å²) in [5.41, 5.74) is 2.23. The first kappa shape index (κ1) is 17.8. The van der Waals surface area contributed by atoms with E-state index in [1.54, 1.807) is 47.4 Å². The van der Waals surface area contributed by atoms with E-state index in [9.17, 15) is 4.79 Å². The topological polar surface area (TPSA) is 60.2 Å². The molecule has 1 amide bonds. The molecule has 0 atom stereocenters. The van der Waals surface area contributed by atoms with Crippen LogP contribution in [-0.2, 0) is 0 Å². The fourth-order valence-electron chi connectivity index (χ4n) is 3.13. The van der Waals surface area contributed by atoms with E-state index in [2.05, 4.69) is 35.4 Å². The number of piperazine rings is 1. The average Bonchev–Trinajstić information content (AvgIpc) is 3.16. The third-order valence-corrected chi connectivity index (χ3v) is 6.49. The molecule has 0 saturated carbocycles. The number of carbonyl (C=O) groups excluding carboxylic acids is 1. The Morgan fingerprint density at radius 2 is 1.89 bits per heavy atom. The summed E-state index contributed by atoms with van der Waals surface area (Å²) < 4.78 is 1.20. The zero-order valence-electron chi connectivity index (χ0n) is 14.9. The van der Waals surface area contributed by atoms with Gasteiger partial charge in [0.25, 0.3) is 5.91 Å². The molecule has 0 radical (unpaired) electrons. The van der Waals surface area contributed by atoms with Gasteiger partial charge in [-0.15, -0.1) is 11.8 Å². The number of thioether (sulfide) groups is 1. The van der Waals surface area contributed by atoms with E-state index in [1.807, 2.05) is 4.90 Å². The van der Waals surface area contributed by atoms with Crippen LogP contribution in [0.5, 0.6) is 0 Å². The summed E-state index contributed by atoms with van der Waals surface area (Å²) in [7, 11) is 0. The number of rotatable bonds is 3. The fourth-order valence-corrected chi connectivity index (χ4v) is 4.70. The summed E-state index contributed by atoms with van der Waals surface area (Å²) in [5.74, 6) is 0.0213. The van der Waals surface area contributed by atoms with Crippen molar-refractivity contribution in [2.75, 3.05) is 37.3 Å². The quantitative estimate of drug-likeness (QED) is 0.632. The normalized spacial score (nSPS) is 14.4. The Hall–Kier alpha value is -2.56. The van der Waals surface area contributed by atoms with Crippen molar-refractivity contribution in [2.24, 2.45) is 0 Å². The molecule has 2 aromatic carbocycles. The smallest absolute Gasteiger partial charge is 0.253 e. The van der Waals surface area contributed by atoms with Gasteiger partial charge in [-0.05, 0) is 48.7 Å².